The Hall–Kier alpha value is -3.49. The van der Waals surface area contributed by atoms with E-state index in [9.17, 15) is 4.79 Å². The Labute approximate surface area is 228 Å². The number of carbonyl (C=O) groups is 1. The van der Waals surface area contributed by atoms with Crippen molar-refractivity contribution in [1.82, 2.24) is 20.3 Å². The molecule has 7 rings (SSSR count). The Balaban J connectivity index is 1.13. The van der Waals surface area contributed by atoms with Crippen molar-refractivity contribution in [2.24, 2.45) is 5.41 Å². The second-order valence-corrected chi connectivity index (χ2v) is 11.3. The molecular formula is C28H23Cl2N5O3. The Morgan fingerprint density at radius 1 is 1.05 bits per heavy atom. The van der Waals surface area contributed by atoms with Gasteiger partial charge in [0.25, 0.3) is 0 Å². The van der Waals surface area contributed by atoms with Crippen molar-refractivity contribution in [1.29, 1.82) is 0 Å². The number of carboxylic acids is 1. The molecule has 4 aromatic rings. The van der Waals surface area contributed by atoms with Crippen molar-refractivity contribution in [2.75, 3.05) is 18.0 Å². The molecule has 38 heavy (non-hydrogen) atoms. The number of fused-ring (bicyclic) bond motifs is 1. The summed E-state index contributed by atoms with van der Waals surface area (Å²) in [7, 11) is 0. The van der Waals surface area contributed by atoms with Gasteiger partial charge in [-0.3, -0.25) is 4.98 Å². The number of allylic oxidation sites excluding steroid dienone is 2. The summed E-state index contributed by atoms with van der Waals surface area (Å²) in [5.41, 5.74) is 5.59. The fraction of sp³-hybridized carbons (Fsp3) is 0.321. The summed E-state index contributed by atoms with van der Waals surface area (Å²) in [4.78, 5) is 17.6. The molecule has 192 valence electrons. The molecule has 1 saturated heterocycles. The third-order valence-electron chi connectivity index (χ3n) is 8.02. The first-order valence-corrected chi connectivity index (χ1v) is 13.4. The lowest BCUT2D eigenvalue weighted by Gasteiger charge is -2.47. The van der Waals surface area contributed by atoms with E-state index in [1.54, 1.807) is 18.5 Å². The average molecular weight is 548 g/mol. The molecule has 0 unspecified atom stereocenters. The third-order valence-corrected chi connectivity index (χ3v) is 8.59. The fourth-order valence-corrected chi connectivity index (χ4v) is 6.33. The second-order valence-electron chi connectivity index (χ2n) is 10.5. The normalized spacial score (nSPS) is 18.5. The zero-order chi connectivity index (χ0) is 26.0. The molecule has 0 bridgehead atoms. The molecule has 2 fully saturated rings. The van der Waals surface area contributed by atoms with Crippen LogP contribution in [0.3, 0.4) is 0 Å². The van der Waals surface area contributed by atoms with Gasteiger partial charge < -0.3 is 14.5 Å². The van der Waals surface area contributed by atoms with E-state index in [4.69, 9.17) is 32.8 Å². The summed E-state index contributed by atoms with van der Waals surface area (Å²) in [6, 6.07) is 7.49. The van der Waals surface area contributed by atoms with Crippen LogP contribution in [0, 0.1) is 5.41 Å². The molecule has 1 aliphatic heterocycles. The number of halogens is 2. The van der Waals surface area contributed by atoms with Gasteiger partial charge in [-0.1, -0.05) is 40.5 Å². The minimum atomic E-state index is -1.08. The molecule has 0 atom stereocenters. The number of piperidine rings is 1. The van der Waals surface area contributed by atoms with Crippen LogP contribution in [0.1, 0.15) is 59.8 Å². The highest BCUT2D eigenvalue weighted by molar-refractivity contribution is 6.39. The molecule has 1 saturated carbocycles. The smallest absolute Gasteiger partial charge is 0.356 e. The number of carboxylic acid groups (broad SMARTS) is 1. The highest BCUT2D eigenvalue weighted by Gasteiger charge is 2.44. The van der Waals surface area contributed by atoms with Gasteiger partial charge in [0.1, 0.15) is 11.5 Å². The topological polar surface area (TPSA) is 105 Å². The van der Waals surface area contributed by atoms with Gasteiger partial charge in [0.2, 0.25) is 0 Å². The van der Waals surface area contributed by atoms with Crippen LogP contribution in [0.15, 0.2) is 47.3 Å². The Bertz CT molecular complexity index is 1620. The molecule has 1 spiro atoms. The quantitative estimate of drug-likeness (QED) is 0.296. The number of hydrogen-bond acceptors (Lipinski definition) is 7. The Morgan fingerprint density at radius 2 is 1.79 bits per heavy atom. The van der Waals surface area contributed by atoms with Crippen molar-refractivity contribution in [2.45, 2.75) is 38.0 Å². The standard InChI is InChI=1S/C28H23Cl2N5O3/c29-19-13-31-14-20(30)24(19)25-23(26(38-34-25)15-1-2-15)17-11-28(12-17)5-7-35(8-6-28)18-4-3-16-9-22(27(36)37)33-32-21(16)10-18/h3-4,9-11,13-15H,1-2,5-8,12H2,(H,36,37). The number of benzene rings is 1. The largest absolute Gasteiger partial charge is 0.476 e. The predicted molar refractivity (Wildman–Crippen MR) is 145 cm³/mol. The maximum absolute atomic E-state index is 11.2. The molecule has 1 N–H and O–H groups in total. The number of anilines is 1. The highest BCUT2D eigenvalue weighted by Crippen LogP contribution is 2.56. The summed E-state index contributed by atoms with van der Waals surface area (Å²) in [5, 5.41) is 23.3. The second kappa shape index (κ2) is 8.78. The van der Waals surface area contributed by atoms with E-state index in [-0.39, 0.29) is 11.1 Å². The zero-order valence-electron chi connectivity index (χ0n) is 20.3. The van der Waals surface area contributed by atoms with Gasteiger partial charge in [0.15, 0.2) is 5.69 Å². The van der Waals surface area contributed by atoms with E-state index in [1.807, 2.05) is 18.2 Å². The summed E-state index contributed by atoms with van der Waals surface area (Å²) < 4.78 is 5.87. The van der Waals surface area contributed by atoms with E-state index >= 15 is 0 Å². The summed E-state index contributed by atoms with van der Waals surface area (Å²) >= 11 is 13.0. The lowest BCUT2D eigenvalue weighted by Crippen LogP contribution is -2.42. The number of hydrogen-bond donors (Lipinski definition) is 1. The summed E-state index contributed by atoms with van der Waals surface area (Å²) in [6.07, 6.45) is 10.9. The predicted octanol–water partition coefficient (Wildman–Crippen LogP) is 6.64. The molecule has 1 aromatic carbocycles. The zero-order valence-corrected chi connectivity index (χ0v) is 21.8. The highest BCUT2D eigenvalue weighted by atomic mass is 35.5. The van der Waals surface area contributed by atoms with Crippen molar-refractivity contribution >= 4 is 51.3 Å². The van der Waals surface area contributed by atoms with Gasteiger partial charge >= 0.3 is 5.97 Å². The molecule has 10 heteroatoms. The molecular weight excluding hydrogens is 525 g/mol. The molecule has 3 aliphatic rings. The van der Waals surface area contributed by atoms with E-state index in [0.717, 1.165) is 67.6 Å². The summed E-state index contributed by atoms with van der Waals surface area (Å²) in [5.74, 6) is 0.283. The van der Waals surface area contributed by atoms with Crippen LogP contribution in [0.5, 0.6) is 0 Å². The van der Waals surface area contributed by atoms with Gasteiger partial charge in [-0.05, 0) is 61.3 Å². The summed E-state index contributed by atoms with van der Waals surface area (Å²) in [6.45, 7) is 1.84. The number of pyridine rings is 1. The molecule has 0 radical (unpaired) electrons. The van der Waals surface area contributed by atoms with Gasteiger partial charge in [-0.2, -0.15) is 0 Å². The van der Waals surface area contributed by atoms with Gasteiger partial charge in [-0.15, -0.1) is 10.2 Å². The van der Waals surface area contributed by atoms with Crippen LogP contribution in [-0.2, 0) is 0 Å². The van der Waals surface area contributed by atoms with Gasteiger partial charge in [0.05, 0.1) is 15.6 Å². The third kappa shape index (κ3) is 3.94. The van der Waals surface area contributed by atoms with E-state index < -0.39 is 5.97 Å². The number of aromatic carboxylic acids is 1. The maximum atomic E-state index is 11.2. The van der Waals surface area contributed by atoms with E-state index in [1.165, 1.54) is 5.57 Å². The van der Waals surface area contributed by atoms with Gasteiger partial charge in [0, 0.05) is 53.6 Å². The molecule has 0 amide bonds. The van der Waals surface area contributed by atoms with Crippen molar-refractivity contribution in [3.05, 3.63) is 69.8 Å². The van der Waals surface area contributed by atoms with Crippen LogP contribution in [0.4, 0.5) is 5.69 Å². The lowest BCUT2D eigenvalue weighted by molar-refractivity contribution is 0.0689. The number of aromatic nitrogens is 4. The van der Waals surface area contributed by atoms with Crippen LogP contribution >= 0.6 is 23.2 Å². The molecule has 2 aliphatic carbocycles. The van der Waals surface area contributed by atoms with Crippen molar-refractivity contribution in [3.63, 3.8) is 0 Å². The Morgan fingerprint density at radius 3 is 2.47 bits per heavy atom. The van der Waals surface area contributed by atoms with E-state index in [0.29, 0.717) is 32.7 Å². The molecule has 3 aromatic heterocycles. The van der Waals surface area contributed by atoms with Crippen LogP contribution in [0.2, 0.25) is 10.0 Å². The minimum Gasteiger partial charge on any atom is -0.476 e. The van der Waals surface area contributed by atoms with Crippen LogP contribution < -0.4 is 4.90 Å². The van der Waals surface area contributed by atoms with Crippen molar-refractivity contribution < 1.29 is 14.4 Å². The fourth-order valence-electron chi connectivity index (χ4n) is 5.78. The monoisotopic (exact) mass is 547 g/mol. The first-order valence-electron chi connectivity index (χ1n) is 12.7. The average Bonchev–Trinajstić information content (AvgIpc) is 3.66. The number of rotatable bonds is 5. The maximum Gasteiger partial charge on any atom is 0.356 e. The lowest BCUT2D eigenvalue weighted by atomic mass is 9.63. The first-order chi connectivity index (χ1) is 18.4. The van der Waals surface area contributed by atoms with E-state index in [2.05, 4.69) is 31.3 Å². The molecule has 8 nitrogen and oxygen atoms in total. The molecule has 4 heterocycles. The van der Waals surface area contributed by atoms with Crippen LogP contribution in [0.25, 0.3) is 27.7 Å². The number of nitrogens with zero attached hydrogens (tertiary/aromatic N) is 5. The first kappa shape index (κ1) is 23.6. The van der Waals surface area contributed by atoms with Crippen LogP contribution in [-0.4, -0.2) is 44.5 Å². The Kier molecular flexibility index (Phi) is 5.46. The SMILES string of the molecule is O=C(O)c1cc2ccc(N3CCC4(C=C(c5c(-c6c(Cl)cncc6Cl)noc5C5CC5)C4)CC3)cc2nn1. The van der Waals surface area contributed by atoms with Gasteiger partial charge in [-0.25, -0.2) is 4.79 Å². The minimum absolute atomic E-state index is 0.0490. The van der Waals surface area contributed by atoms with Crippen molar-refractivity contribution in [3.8, 4) is 11.3 Å².